The first-order chi connectivity index (χ1) is 18.3. The lowest BCUT2D eigenvalue weighted by Crippen LogP contribution is -2.52. The van der Waals surface area contributed by atoms with Crippen molar-refractivity contribution in [1.29, 1.82) is 0 Å². The Hall–Kier alpha value is -3.85. The fourth-order valence-electron chi connectivity index (χ4n) is 4.10. The molecule has 0 aromatic heterocycles. The summed E-state index contributed by atoms with van der Waals surface area (Å²) >= 11 is 0. The van der Waals surface area contributed by atoms with Gasteiger partial charge in [-0.05, 0) is 54.8 Å². The molecule has 0 aliphatic rings. The number of nitrogens with zero attached hydrogens (tertiary/aromatic N) is 2. The van der Waals surface area contributed by atoms with Crippen molar-refractivity contribution in [1.82, 2.24) is 10.2 Å². The third-order valence-electron chi connectivity index (χ3n) is 6.08. The molecule has 0 saturated heterocycles. The van der Waals surface area contributed by atoms with Gasteiger partial charge in [-0.15, -0.1) is 0 Å². The van der Waals surface area contributed by atoms with Gasteiger partial charge in [0.15, 0.2) is 0 Å². The standard InChI is InChI=1S/C29H35N3O5S/c1-4-19-30-29(34)27(5-2)31(21-23-13-12-16-25(20-23)37-3)28(33)22-32(24-14-8-6-9-15-24)38(35,36)26-17-10-7-11-18-26/h6-18,20,27H,4-5,19,21-22H2,1-3H3,(H,30,34)/t27-/m0/s1. The van der Waals surface area contributed by atoms with Gasteiger partial charge in [0.05, 0.1) is 17.7 Å². The van der Waals surface area contributed by atoms with Gasteiger partial charge in [-0.2, -0.15) is 0 Å². The van der Waals surface area contributed by atoms with Crippen molar-refractivity contribution in [3.63, 3.8) is 0 Å². The Bertz CT molecular complexity index is 1300. The van der Waals surface area contributed by atoms with Gasteiger partial charge < -0.3 is 15.0 Å². The Labute approximate surface area is 225 Å². The van der Waals surface area contributed by atoms with E-state index in [2.05, 4.69) is 5.32 Å². The molecule has 2 amide bonds. The number of methoxy groups -OCH3 is 1. The van der Waals surface area contributed by atoms with Gasteiger partial charge in [-0.25, -0.2) is 8.42 Å². The molecule has 0 heterocycles. The normalized spacial score (nSPS) is 11.9. The lowest BCUT2D eigenvalue weighted by Gasteiger charge is -2.33. The van der Waals surface area contributed by atoms with Crippen molar-refractivity contribution >= 4 is 27.5 Å². The van der Waals surface area contributed by atoms with Crippen LogP contribution in [0.25, 0.3) is 0 Å². The van der Waals surface area contributed by atoms with Crippen LogP contribution in [0.5, 0.6) is 5.75 Å². The Morgan fingerprint density at radius 2 is 1.58 bits per heavy atom. The highest BCUT2D eigenvalue weighted by atomic mass is 32.2. The van der Waals surface area contributed by atoms with Crippen molar-refractivity contribution in [2.24, 2.45) is 0 Å². The molecule has 8 nitrogen and oxygen atoms in total. The summed E-state index contributed by atoms with van der Waals surface area (Å²) in [6, 6.07) is 23.0. The third kappa shape index (κ3) is 7.13. The monoisotopic (exact) mass is 537 g/mol. The summed E-state index contributed by atoms with van der Waals surface area (Å²) < 4.78 is 33.8. The molecule has 9 heteroatoms. The number of carbonyl (C=O) groups is 2. The van der Waals surface area contributed by atoms with Gasteiger partial charge in [0.25, 0.3) is 10.0 Å². The van der Waals surface area contributed by atoms with Gasteiger partial charge in [-0.3, -0.25) is 13.9 Å². The van der Waals surface area contributed by atoms with E-state index in [-0.39, 0.29) is 17.3 Å². The van der Waals surface area contributed by atoms with Crippen LogP contribution in [0.2, 0.25) is 0 Å². The SMILES string of the molecule is CCCNC(=O)[C@H](CC)N(Cc1cccc(OC)c1)C(=O)CN(c1ccccc1)S(=O)(=O)c1ccccc1. The minimum Gasteiger partial charge on any atom is -0.497 e. The summed E-state index contributed by atoms with van der Waals surface area (Å²) in [5.41, 5.74) is 1.12. The summed E-state index contributed by atoms with van der Waals surface area (Å²) in [4.78, 5) is 28.6. The molecule has 1 N–H and O–H groups in total. The number of sulfonamides is 1. The van der Waals surface area contributed by atoms with Crippen molar-refractivity contribution in [2.75, 3.05) is 24.5 Å². The molecule has 3 aromatic carbocycles. The number of hydrogen-bond acceptors (Lipinski definition) is 5. The number of benzene rings is 3. The van der Waals surface area contributed by atoms with Crippen molar-refractivity contribution in [2.45, 2.75) is 44.2 Å². The molecule has 0 aliphatic carbocycles. The molecular weight excluding hydrogens is 502 g/mol. The summed E-state index contributed by atoms with van der Waals surface area (Å²) in [5, 5.41) is 2.88. The van der Waals surface area contributed by atoms with Crippen LogP contribution in [0.1, 0.15) is 32.3 Å². The zero-order valence-electron chi connectivity index (χ0n) is 22.0. The number of nitrogens with one attached hydrogen (secondary N) is 1. The first kappa shape index (κ1) is 28.7. The minimum atomic E-state index is -4.07. The van der Waals surface area contributed by atoms with Crippen LogP contribution in [0.3, 0.4) is 0 Å². The maximum Gasteiger partial charge on any atom is 0.264 e. The molecule has 1 atom stereocenters. The predicted molar refractivity (Wildman–Crippen MR) is 148 cm³/mol. The molecule has 0 bridgehead atoms. The molecule has 0 saturated carbocycles. The molecule has 0 unspecified atom stereocenters. The summed E-state index contributed by atoms with van der Waals surface area (Å²) in [5.74, 6) is -0.145. The second kappa shape index (κ2) is 13.6. The van der Waals surface area contributed by atoms with E-state index < -0.39 is 28.5 Å². The van der Waals surface area contributed by atoms with Gasteiger partial charge in [0.2, 0.25) is 11.8 Å². The van der Waals surface area contributed by atoms with Gasteiger partial charge in [0.1, 0.15) is 18.3 Å². The van der Waals surface area contributed by atoms with E-state index in [4.69, 9.17) is 4.74 Å². The van der Waals surface area contributed by atoms with Crippen LogP contribution in [-0.4, -0.2) is 51.4 Å². The molecule has 3 rings (SSSR count). The first-order valence-corrected chi connectivity index (χ1v) is 14.1. The van der Waals surface area contributed by atoms with Crippen LogP contribution < -0.4 is 14.4 Å². The van der Waals surface area contributed by atoms with Crippen LogP contribution in [-0.2, 0) is 26.2 Å². The molecule has 38 heavy (non-hydrogen) atoms. The second-order valence-corrected chi connectivity index (χ2v) is 10.6. The van der Waals surface area contributed by atoms with Gasteiger partial charge in [0, 0.05) is 13.1 Å². The highest BCUT2D eigenvalue weighted by Gasteiger charge is 2.33. The molecular formula is C29H35N3O5S. The topological polar surface area (TPSA) is 96.0 Å². The zero-order chi connectivity index (χ0) is 27.5. The molecule has 0 radical (unpaired) electrons. The first-order valence-electron chi connectivity index (χ1n) is 12.6. The number of amides is 2. The lowest BCUT2D eigenvalue weighted by atomic mass is 10.1. The Morgan fingerprint density at radius 3 is 2.18 bits per heavy atom. The predicted octanol–water partition coefficient (Wildman–Crippen LogP) is 4.22. The fraction of sp³-hybridized carbons (Fsp3) is 0.310. The molecule has 3 aromatic rings. The third-order valence-corrected chi connectivity index (χ3v) is 7.86. The number of anilines is 1. The molecule has 202 valence electrons. The number of rotatable bonds is 13. The van der Waals surface area contributed by atoms with Crippen molar-refractivity contribution < 1.29 is 22.7 Å². The van der Waals surface area contributed by atoms with Crippen LogP contribution in [0, 0.1) is 0 Å². The number of carbonyl (C=O) groups excluding carboxylic acids is 2. The average Bonchev–Trinajstić information content (AvgIpc) is 2.95. The molecule has 0 aliphatic heterocycles. The number of para-hydroxylation sites is 1. The van der Waals surface area contributed by atoms with Crippen LogP contribution in [0.15, 0.2) is 89.8 Å². The summed E-state index contributed by atoms with van der Waals surface area (Å²) in [6.45, 7) is 3.91. The highest BCUT2D eigenvalue weighted by Crippen LogP contribution is 2.25. The minimum absolute atomic E-state index is 0.0729. The van der Waals surface area contributed by atoms with Gasteiger partial charge in [-0.1, -0.05) is 62.4 Å². The van der Waals surface area contributed by atoms with E-state index in [1.54, 1.807) is 67.8 Å². The van der Waals surface area contributed by atoms with Crippen molar-refractivity contribution in [3.05, 3.63) is 90.5 Å². The fourth-order valence-corrected chi connectivity index (χ4v) is 5.53. The van der Waals surface area contributed by atoms with E-state index in [1.807, 2.05) is 26.0 Å². The van der Waals surface area contributed by atoms with Gasteiger partial charge >= 0.3 is 0 Å². The second-order valence-electron chi connectivity index (χ2n) is 8.75. The largest absolute Gasteiger partial charge is 0.497 e. The molecule has 0 fully saturated rings. The highest BCUT2D eigenvalue weighted by molar-refractivity contribution is 7.92. The van der Waals surface area contributed by atoms with E-state index in [0.717, 1.165) is 16.3 Å². The van der Waals surface area contributed by atoms with E-state index in [9.17, 15) is 18.0 Å². The summed E-state index contributed by atoms with van der Waals surface area (Å²) in [7, 11) is -2.51. The van der Waals surface area contributed by atoms with E-state index in [1.165, 1.54) is 17.0 Å². The maximum atomic E-state index is 14.0. The Morgan fingerprint density at radius 1 is 0.921 bits per heavy atom. The molecule has 0 spiro atoms. The Balaban J connectivity index is 2.02. The quantitative estimate of drug-likeness (QED) is 0.352. The number of ether oxygens (including phenoxy) is 1. The smallest absolute Gasteiger partial charge is 0.264 e. The number of hydrogen-bond donors (Lipinski definition) is 1. The summed E-state index contributed by atoms with van der Waals surface area (Å²) in [6.07, 6.45) is 1.12. The van der Waals surface area contributed by atoms with Crippen LogP contribution in [0.4, 0.5) is 5.69 Å². The zero-order valence-corrected chi connectivity index (χ0v) is 22.9. The van der Waals surface area contributed by atoms with E-state index >= 15 is 0 Å². The lowest BCUT2D eigenvalue weighted by molar-refractivity contribution is -0.140. The maximum absolute atomic E-state index is 14.0. The van der Waals surface area contributed by atoms with Crippen molar-refractivity contribution in [3.8, 4) is 5.75 Å². The Kier molecular flexibility index (Phi) is 10.3. The van der Waals surface area contributed by atoms with Crippen LogP contribution >= 0.6 is 0 Å². The average molecular weight is 538 g/mol. The van der Waals surface area contributed by atoms with E-state index in [0.29, 0.717) is 24.4 Å².